The van der Waals surface area contributed by atoms with Crippen molar-refractivity contribution in [3.8, 4) is 11.6 Å². The van der Waals surface area contributed by atoms with Crippen molar-refractivity contribution in [2.75, 3.05) is 7.11 Å². The lowest BCUT2D eigenvalue weighted by Gasteiger charge is -2.17. The molecule has 0 aliphatic rings. The zero-order valence-electron chi connectivity index (χ0n) is 15.0. The molecule has 0 radical (unpaired) electrons. The first-order chi connectivity index (χ1) is 13.3. The number of alkyl halides is 6. The molecule has 0 N–H and O–H groups in total. The molecule has 2 rings (SSSR count). The first kappa shape index (κ1) is 22.8. The van der Waals surface area contributed by atoms with Gasteiger partial charge in [0.15, 0.2) is 0 Å². The number of rotatable bonds is 5. The molecular weight excluding hydrogens is 428 g/mol. The minimum absolute atomic E-state index is 0.0376. The normalized spacial score (nSPS) is 13.1. The van der Waals surface area contributed by atoms with Crippen LogP contribution in [0.25, 0.3) is 0 Å². The first-order valence-electron chi connectivity index (χ1n) is 8.01. The van der Waals surface area contributed by atoms with Gasteiger partial charge in [-0.25, -0.2) is 9.78 Å². The maximum Gasteiger partial charge on any atom is 0.417 e. The summed E-state index contributed by atoms with van der Waals surface area (Å²) in [7, 11) is 0.927. The topological polar surface area (TPSA) is 48.4 Å². The number of aromatic nitrogens is 1. The van der Waals surface area contributed by atoms with Crippen LogP contribution in [0.5, 0.6) is 11.6 Å². The van der Waals surface area contributed by atoms with Gasteiger partial charge in [0.05, 0.1) is 24.7 Å². The number of methoxy groups -OCH3 is 1. The van der Waals surface area contributed by atoms with Crippen molar-refractivity contribution in [2.24, 2.45) is 0 Å². The van der Waals surface area contributed by atoms with Gasteiger partial charge in [0.25, 0.3) is 0 Å². The predicted molar refractivity (Wildman–Crippen MR) is 91.2 cm³/mol. The maximum absolute atomic E-state index is 13.2. The van der Waals surface area contributed by atoms with E-state index in [1.807, 2.05) is 0 Å². The molecule has 0 unspecified atom stereocenters. The van der Waals surface area contributed by atoms with Gasteiger partial charge in [-0.15, -0.1) is 0 Å². The molecule has 29 heavy (non-hydrogen) atoms. The minimum Gasteiger partial charge on any atom is -0.465 e. The van der Waals surface area contributed by atoms with Crippen molar-refractivity contribution in [1.82, 2.24) is 4.98 Å². The van der Waals surface area contributed by atoms with Crippen LogP contribution in [0.1, 0.15) is 40.7 Å². The van der Waals surface area contributed by atoms with E-state index < -0.39 is 47.7 Å². The van der Waals surface area contributed by atoms with E-state index in [9.17, 15) is 31.1 Å². The van der Waals surface area contributed by atoms with Crippen molar-refractivity contribution in [3.05, 3.63) is 52.2 Å². The fraction of sp³-hybridized carbons (Fsp3) is 0.333. The number of pyridine rings is 1. The van der Waals surface area contributed by atoms with Crippen LogP contribution in [0, 0.1) is 0 Å². The lowest BCUT2D eigenvalue weighted by Crippen LogP contribution is -2.15. The van der Waals surface area contributed by atoms with E-state index >= 15 is 0 Å². The molecule has 1 aromatic heterocycles. The Balaban J connectivity index is 2.30. The van der Waals surface area contributed by atoms with E-state index in [1.165, 1.54) is 25.1 Å². The highest BCUT2D eigenvalue weighted by molar-refractivity contribution is 6.31. The van der Waals surface area contributed by atoms with Crippen LogP contribution in [-0.2, 0) is 10.9 Å². The smallest absolute Gasteiger partial charge is 0.417 e. The zero-order chi connectivity index (χ0) is 22.0. The summed E-state index contributed by atoms with van der Waals surface area (Å²) in [5.74, 6) is -2.67. The Hall–Kier alpha value is -2.49. The zero-order valence-corrected chi connectivity index (χ0v) is 15.7. The van der Waals surface area contributed by atoms with Gasteiger partial charge in [-0.1, -0.05) is 24.6 Å². The van der Waals surface area contributed by atoms with E-state index in [0.29, 0.717) is 12.3 Å². The summed E-state index contributed by atoms with van der Waals surface area (Å²) in [5, 5.41) is -0.0403. The number of benzene rings is 1. The van der Waals surface area contributed by atoms with Crippen LogP contribution in [-0.4, -0.2) is 24.2 Å². The average molecular weight is 442 g/mol. The lowest BCUT2D eigenvalue weighted by molar-refractivity contribution is -0.139. The highest BCUT2D eigenvalue weighted by Gasteiger charge is 2.37. The Morgan fingerprint density at radius 3 is 2.34 bits per heavy atom. The Labute approximate surface area is 166 Å². The van der Waals surface area contributed by atoms with Gasteiger partial charge in [-0.3, -0.25) is 0 Å². The molecule has 0 fully saturated rings. The molecule has 0 saturated heterocycles. The van der Waals surface area contributed by atoms with E-state index in [4.69, 9.17) is 16.3 Å². The Morgan fingerprint density at radius 1 is 1.17 bits per heavy atom. The largest absolute Gasteiger partial charge is 0.465 e. The third-order valence-corrected chi connectivity index (χ3v) is 4.18. The molecule has 1 heterocycles. The third-order valence-electron chi connectivity index (χ3n) is 3.85. The number of esters is 1. The quantitative estimate of drug-likeness (QED) is 0.398. The standard InChI is InChI=1S/C18H14ClF6NO3/c1-9(7-17(20,21)22)11-4-3-10(5-14(11)19)29-15-6-13(18(23,24)25)12(8-26-15)16(27)28-2/h3-6,8-9H,7H2,1-2H3/t9-/m1/s1. The van der Waals surface area contributed by atoms with Crippen molar-refractivity contribution in [3.63, 3.8) is 0 Å². The van der Waals surface area contributed by atoms with Crippen LogP contribution >= 0.6 is 11.6 Å². The number of ether oxygens (including phenoxy) is 2. The van der Waals surface area contributed by atoms with Crippen LogP contribution in [0.3, 0.4) is 0 Å². The highest BCUT2D eigenvalue weighted by atomic mass is 35.5. The van der Waals surface area contributed by atoms with E-state index in [-0.39, 0.29) is 16.3 Å². The molecule has 0 amide bonds. The summed E-state index contributed by atoms with van der Waals surface area (Å²) in [6.45, 7) is 1.35. The van der Waals surface area contributed by atoms with Gasteiger partial charge in [-0.05, 0) is 23.6 Å². The molecule has 0 bridgehead atoms. The van der Waals surface area contributed by atoms with Crippen molar-refractivity contribution in [2.45, 2.75) is 31.6 Å². The fourth-order valence-electron chi connectivity index (χ4n) is 2.55. The average Bonchev–Trinajstić information content (AvgIpc) is 2.58. The van der Waals surface area contributed by atoms with Gasteiger partial charge < -0.3 is 9.47 Å². The number of carbonyl (C=O) groups excluding carboxylic acids is 1. The van der Waals surface area contributed by atoms with Crippen LogP contribution in [0.4, 0.5) is 26.3 Å². The second-order valence-corrected chi connectivity index (χ2v) is 6.47. The molecule has 1 atom stereocenters. The van der Waals surface area contributed by atoms with Crippen LogP contribution < -0.4 is 4.74 Å². The van der Waals surface area contributed by atoms with Gasteiger partial charge in [0.1, 0.15) is 5.75 Å². The second-order valence-electron chi connectivity index (χ2n) is 6.06. The van der Waals surface area contributed by atoms with E-state index in [1.54, 1.807) is 0 Å². The monoisotopic (exact) mass is 441 g/mol. The molecule has 0 spiro atoms. The predicted octanol–water partition coefficient (Wildman–Crippen LogP) is 6.39. The summed E-state index contributed by atoms with van der Waals surface area (Å²) in [6, 6.07) is 4.24. The molecule has 0 saturated carbocycles. The molecule has 4 nitrogen and oxygen atoms in total. The van der Waals surface area contributed by atoms with Crippen molar-refractivity contribution >= 4 is 17.6 Å². The van der Waals surface area contributed by atoms with Crippen LogP contribution in [0.2, 0.25) is 5.02 Å². The molecular formula is C18H14ClF6NO3. The first-order valence-corrected chi connectivity index (χ1v) is 8.39. The van der Waals surface area contributed by atoms with Crippen molar-refractivity contribution in [1.29, 1.82) is 0 Å². The molecule has 158 valence electrons. The van der Waals surface area contributed by atoms with E-state index in [0.717, 1.165) is 7.11 Å². The highest BCUT2D eigenvalue weighted by Crippen LogP contribution is 2.38. The number of nitrogens with zero attached hydrogens (tertiary/aromatic N) is 1. The van der Waals surface area contributed by atoms with E-state index in [2.05, 4.69) is 9.72 Å². The number of carbonyl (C=O) groups is 1. The van der Waals surface area contributed by atoms with Gasteiger partial charge >= 0.3 is 18.3 Å². The molecule has 11 heteroatoms. The summed E-state index contributed by atoms with van der Waals surface area (Å²) in [5.41, 5.74) is -1.89. The maximum atomic E-state index is 13.2. The fourth-order valence-corrected chi connectivity index (χ4v) is 2.90. The van der Waals surface area contributed by atoms with Gasteiger partial charge in [0, 0.05) is 17.3 Å². The second kappa shape index (κ2) is 8.48. The summed E-state index contributed by atoms with van der Waals surface area (Å²) in [6.07, 6.45) is -9.68. The van der Waals surface area contributed by atoms with Crippen molar-refractivity contribution < 1.29 is 40.6 Å². The number of hydrogen-bond acceptors (Lipinski definition) is 4. The molecule has 0 aliphatic carbocycles. The van der Waals surface area contributed by atoms with Gasteiger partial charge in [0.2, 0.25) is 5.88 Å². The summed E-state index contributed by atoms with van der Waals surface area (Å²) >= 11 is 6.00. The Bertz CT molecular complexity index is 898. The molecule has 1 aromatic carbocycles. The summed E-state index contributed by atoms with van der Waals surface area (Å²) in [4.78, 5) is 15.1. The minimum atomic E-state index is -4.88. The lowest BCUT2D eigenvalue weighted by atomic mass is 9.97. The SMILES string of the molecule is COC(=O)c1cnc(Oc2ccc([C@H](C)CC(F)(F)F)c(Cl)c2)cc1C(F)(F)F. The summed E-state index contributed by atoms with van der Waals surface area (Å²) < 4.78 is 86.7. The molecule has 0 aliphatic heterocycles. The Kier molecular flexibility index (Phi) is 6.67. The number of halogens is 7. The van der Waals surface area contributed by atoms with Crippen LogP contribution in [0.15, 0.2) is 30.5 Å². The molecule has 2 aromatic rings. The Morgan fingerprint density at radius 2 is 1.83 bits per heavy atom. The van der Waals surface area contributed by atoms with Gasteiger partial charge in [-0.2, -0.15) is 26.3 Å². The third kappa shape index (κ3) is 5.99. The number of hydrogen-bond donors (Lipinski definition) is 0.